The highest BCUT2D eigenvalue weighted by atomic mass is 16.7. The van der Waals surface area contributed by atoms with Crippen LogP contribution in [0.25, 0.3) is 0 Å². The molecule has 30 heavy (non-hydrogen) atoms. The van der Waals surface area contributed by atoms with Gasteiger partial charge in [-0.2, -0.15) is 0 Å². The SMILES string of the molecule is COc1cc(CN(Cc2ccc3c(c2)OCO3)CC2CCCO2)cc(OC)c1OC. The van der Waals surface area contributed by atoms with Gasteiger partial charge in [0.15, 0.2) is 23.0 Å². The van der Waals surface area contributed by atoms with Crippen molar-refractivity contribution in [3.8, 4) is 28.7 Å². The van der Waals surface area contributed by atoms with Crippen LogP contribution < -0.4 is 23.7 Å². The molecule has 1 atom stereocenters. The van der Waals surface area contributed by atoms with Crippen molar-refractivity contribution in [1.29, 1.82) is 0 Å². The molecule has 0 bridgehead atoms. The van der Waals surface area contributed by atoms with Crippen molar-refractivity contribution >= 4 is 0 Å². The summed E-state index contributed by atoms with van der Waals surface area (Å²) in [7, 11) is 4.89. The van der Waals surface area contributed by atoms with Crippen molar-refractivity contribution in [1.82, 2.24) is 4.90 Å². The van der Waals surface area contributed by atoms with E-state index in [9.17, 15) is 0 Å². The molecule has 2 heterocycles. The highest BCUT2D eigenvalue weighted by Gasteiger charge is 2.22. The zero-order chi connectivity index (χ0) is 20.9. The molecule has 4 rings (SSSR count). The van der Waals surface area contributed by atoms with E-state index in [2.05, 4.69) is 17.0 Å². The second-order valence-corrected chi connectivity index (χ2v) is 7.53. The Hall–Kier alpha value is -2.64. The maximum absolute atomic E-state index is 5.90. The van der Waals surface area contributed by atoms with Crippen LogP contribution in [-0.4, -0.2) is 52.3 Å². The first-order valence-electron chi connectivity index (χ1n) is 10.2. The first-order valence-corrected chi connectivity index (χ1v) is 10.2. The molecular formula is C23H29NO6. The van der Waals surface area contributed by atoms with E-state index in [1.54, 1.807) is 21.3 Å². The molecular weight excluding hydrogens is 386 g/mol. The number of hydrogen-bond donors (Lipinski definition) is 0. The zero-order valence-corrected chi connectivity index (χ0v) is 17.8. The van der Waals surface area contributed by atoms with Gasteiger partial charge in [0.2, 0.25) is 12.5 Å². The molecule has 2 aromatic carbocycles. The molecule has 0 radical (unpaired) electrons. The Labute approximate surface area is 177 Å². The summed E-state index contributed by atoms with van der Waals surface area (Å²) in [5.74, 6) is 3.52. The normalized spacial score (nSPS) is 17.4. The van der Waals surface area contributed by atoms with Crippen LogP contribution in [0.5, 0.6) is 28.7 Å². The van der Waals surface area contributed by atoms with Gasteiger partial charge >= 0.3 is 0 Å². The Morgan fingerprint density at radius 3 is 2.30 bits per heavy atom. The summed E-state index contributed by atoms with van der Waals surface area (Å²) in [5, 5.41) is 0. The molecule has 2 aromatic rings. The summed E-state index contributed by atoms with van der Waals surface area (Å²) in [5.41, 5.74) is 2.26. The van der Waals surface area contributed by atoms with Crippen molar-refractivity contribution in [2.24, 2.45) is 0 Å². The lowest BCUT2D eigenvalue weighted by Gasteiger charge is -2.26. The molecule has 0 aliphatic carbocycles. The number of nitrogens with zero attached hydrogens (tertiary/aromatic N) is 1. The average molecular weight is 415 g/mol. The van der Waals surface area contributed by atoms with Gasteiger partial charge in [0.25, 0.3) is 0 Å². The lowest BCUT2D eigenvalue weighted by molar-refractivity contribution is 0.0678. The van der Waals surface area contributed by atoms with E-state index >= 15 is 0 Å². The monoisotopic (exact) mass is 415 g/mol. The summed E-state index contributed by atoms with van der Waals surface area (Å²) in [6, 6.07) is 10.1. The van der Waals surface area contributed by atoms with Crippen LogP contribution in [0.15, 0.2) is 30.3 Å². The lowest BCUT2D eigenvalue weighted by atomic mass is 10.1. The number of methoxy groups -OCH3 is 3. The fourth-order valence-electron chi connectivity index (χ4n) is 4.04. The van der Waals surface area contributed by atoms with E-state index in [0.29, 0.717) is 17.2 Å². The second kappa shape index (κ2) is 9.45. The highest BCUT2D eigenvalue weighted by Crippen LogP contribution is 2.39. The van der Waals surface area contributed by atoms with E-state index in [-0.39, 0.29) is 12.9 Å². The highest BCUT2D eigenvalue weighted by molar-refractivity contribution is 5.53. The van der Waals surface area contributed by atoms with Gasteiger partial charge in [0.1, 0.15) is 0 Å². The van der Waals surface area contributed by atoms with Crippen molar-refractivity contribution in [2.45, 2.75) is 32.0 Å². The minimum Gasteiger partial charge on any atom is -0.493 e. The molecule has 0 aromatic heterocycles. The smallest absolute Gasteiger partial charge is 0.231 e. The number of ether oxygens (including phenoxy) is 6. The predicted octanol–water partition coefficient (Wildman–Crippen LogP) is 3.62. The molecule has 0 amide bonds. The zero-order valence-electron chi connectivity index (χ0n) is 17.8. The van der Waals surface area contributed by atoms with Gasteiger partial charge < -0.3 is 28.4 Å². The van der Waals surface area contributed by atoms with Gasteiger partial charge in [-0.1, -0.05) is 6.07 Å². The van der Waals surface area contributed by atoms with Crippen molar-refractivity contribution in [2.75, 3.05) is 41.3 Å². The van der Waals surface area contributed by atoms with E-state index in [1.165, 1.54) is 5.56 Å². The number of benzene rings is 2. The molecule has 0 spiro atoms. The van der Waals surface area contributed by atoms with Gasteiger partial charge in [-0.05, 0) is 48.2 Å². The van der Waals surface area contributed by atoms with E-state index < -0.39 is 0 Å². The minimum absolute atomic E-state index is 0.251. The van der Waals surface area contributed by atoms with Crippen LogP contribution in [0.2, 0.25) is 0 Å². The Morgan fingerprint density at radius 1 is 0.900 bits per heavy atom. The Bertz CT molecular complexity index is 840. The van der Waals surface area contributed by atoms with Crippen LogP contribution in [-0.2, 0) is 17.8 Å². The lowest BCUT2D eigenvalue weighted by Crippen LogP contribution is -2.31. The van der Waals surface area contributed by atoms with Gasteiger partial charge in [-0.3, -0.25) is 4.90 Å². The molecule has 2 aliphatic heterocycles. The summed E-state index contributed by atoms with van der Waals surface area (Å²) in [4.78, 5) is 2.38. The van der Waals surface area contributed by atoms with E-state index in [4.69, 9.17) is 28.4 Å². The molecule has 1 saturated heterocycles. The van der Waals surface area contributed by atoms with Crippen LogP contribution in [0.3, 0.4) is 0 Å². The van der Waals surface area contributed by atoms with Gasteiger partial charge in [-0.25, -0.2) is 0 Å². The Balaban J connectivity index is 1.56. The van der Waals surface area contributed by atoms with Crippen molar-refractivity contribution < 1.29 is 28.4 Å². The van der Waals surface area contributed by atoms with Crippen LogP contribution in [0.1, 0.15) is 24.0 Å². The molecule has 162 valence electrons. The second-order valence-electron chi connectivity index (χ2n) is 7.53. The maximum Gasteiger partial charge on any atom is 0.231 e. The predicted molar refractivity (Wildman–Crippen MR) is 112 cm³/mol. The molecule has 7 heteroatoms. The quantitative estimate of drug-likeness (QED) is 0.620. The number of hydrogen-bond acceptors (Lipinski definition) is 7. The molecule has 0 saturated carbocycles. The fraction of sp³-hybridized carbons (Fsp3) is 0.478. The van der Waals surface area contributed by atoms with Crippen LogP contribution >= 0.6 is 0 Å². The fourth-order valence-corrected chi connectivity index (χ4v) is 4.04. The summed E-state index contributed by atoms with van der Waals surface area (Å²) < 4.78 is 33.4. The summed E-state index contributed by atoms with van der Waals surface area (Å²) >= 11 is 0. The third kappa shape index (κ3) is 4.57. The first kappa shape index (κ1) is 20.6. The Morgan fingerprint density at radius 2 is 1.63 bits per heavy atom. The average Bonchev–Trinajstić information content (AvgIpc) is 3.44. The molecule has 1 unspecified atom stereocenters. The third-order valence-electron chi connectivity index (χ3n) is 5.46. The number of fused-ring (bicyclic) bond motifs is 1. The van der Waals surface area contributed by atoms with Crippen molar-refractivity contribution in [3.63, 3.8) is 0 Å². The van der Waals surface area contributed by atoms with Crippen LogP contribution in [0.4, 0.5) is 0 Å². The first-order chi connectivity index (χ1) is 14.7. The van der Waals surface area contributed by atoms with Gasteiger partial charge in [-0.15, -0.1) is 0 Å². The largest absolute Gasteiger partial charge is 0.493 e. The minimum atomic E-state index is 0.251. The van der Waals surface area contributed by atoms with Gasteiger partial charge in [0, 0.05) is 26.2 Å². The van der Waals surface area contributed by atoms with Crippen LogP contribution in [0, 0.1) is 0 Å². The summed E-state index contributed by atoms with van der Waals surface area (Å²) in [6.07, 6.45) is 2.46. The molecule has 7 nitrogen and oxygen atoms in total. The summed E-state index contributed by atoms with van der Waals surface area (Å²) in [6.45, 7) is 3.47. The van der Waals surface area contributed by atoms with E-state index in [0.717, 1.165) is 56.1 Å². The number of rotatable bonds is 9. The molecule has 1 fully saturated rings. The molecule has 0 N–H and O–H groups in total. The van der Waals surface area contributed by atoms with E-state index in [1.807, 2.05) is 18.2 Å². The topological polar surface area (TPSA) is 58.6 Å². The standard InChI is InChI=1S/C23H29NO6/c1-25-21-10-17(11-22(26-2)23(21)27-3)13-24(14-18-5-4-8-28-18)12-16-6-7-19-20(9-16)30-15-29-19/h6-7,9-11,18H,4-5,8,12-15H2,1-3H3. The van der Waals surface area contributed by atoms with Gasteiger partial charge in [0.05, 0.1) is 27.4 Å². The third-order valence-corrected chi connectivity index (χ3v) is 5.46. The Kier molecular flexibility index (Phi) is 6.50. The maximum atomic E-state index is 5.90. The molecule has 2 aliphatic rings. The van der Waals surface area contributed by atoms with Crippen molar-refractivity contribution in [3.05, 3.63) is 41.5 Å².